The summed E-state index contributed by atoms with van der Waals surface area (Å²) in [5, 5.41) is 3.29. The number of nitrogens with one attached hydrogen (secondary N) is 1. The number of carbonyl (C=O) groups is 2. The standard InChI is InChI=1S/C35H35ClN4O6S2/c1-39(2)12-13-44-31-17-22-16-27(38-26(22)18-30(31)43-3)34(41)40-21-23(20-36)33-25-9-5-4-8-24(25)29(19-28(33)40)46-35(42)45-14-15-47-48-32-10-6-7-11-37-32/h4-11,16-19,23,38H,12-15,20-21H2,1-3H3/t23-/m1/s1. The van der Waals surface area contributed by atoms with Crippen molar-refractivity contribution in [3.05, 3.63) is 84.2 Å². The molecule has 5 aromatic rings. The van der Waals surface area contributed by atoms with Crippen molar-refractivity contribution < 1.29 is 28.5 Å². The molecular formula is C35H35ClN4O6S2. The van der Waals surface area contributed by atoms with E-state index < -0.39 is 6.16 Å². The highest BCUT2D eigenvalue weighted by molar-refractivity contribution is 8.76. The van der Waals surface area contributed by atoms with Crippen LogP contribution in [0, 0.1) is 0 Å². The Morgan fingerprint density at radius 2 is 1.83 bits per heavy atom. The number of H-pyrrole nitrogens is 1. The smallest absolute Gasteiger partial charge is 0.493 e. The van der Waals surface area contributed by atoms with Gasteiger partial charge in [0.1, 0.15) is 29.7 Å². The predicted molar refractivity (Wildman–Crippen MR) is 193 cm³/mol. The highest BCUT2D eigenvalue weighted by atomic mass is 35.5. The summed E-state index contributed by atoms with van der Waals surface area (Å²) in [4.78, 5) is 38.2. The first kappa shape index (κ1) is 33.8. The number of methoxy groups -OCH3 is 1. The van der Waals surface area contributed by atoms with E-state index in [1.807, 2.05) is 79.7 Å². The van der Waals surface area contributed by atoms with E-state index in [1.165, 1.54) is 21.6 Å². The van der Waals surface area contributed by atoms with Gasteiger partial charge in [0.25, 0.3) is 5.91 Å². The van der Waals surface area contributed by atoms with Crippen LogP contribution in [0.25, 0.3) is 21.7 Å². The Morgan fingerprint density at radius 3 is 2.58 bits per heavy atom. The summed E-state index contributed by atoms with van der Waals surface area (Å²) in [5.41, 5.74) is 2.71. The van der Waals surface area contributed by atoms with E-state index in [9.17, 15) is 9.59 Å². The normalized spacial score (nSPS) is 14.0. The van der Waals surface area contributed by atoms with Crippen LogP contribution < -0.4 is 19.1 Å². The summed E-state index contributed by atoms with van der Waals surface area (Å²) in [5.74, 6) is 1.99. The van der Waals surface area contributed by atoms with Crippen LogP contribution in [0.2, 0.25) is 0 Å². The van der Waals surface area contributed by atoms with E-state index in [0.717, 1.165) is 38.8 Å². The van der Waals surface area contributed by atoms with Crippen molar-refractivity contribution in [1.29, 1.82) is 0 Å². The van der Waals surface area contributed by atoms with Gasteiger partial charge in [-0.2, -0.15) is 0 Å². The minimum atomic E-state index is -0.818. The summed E-state index contributed by atoms with van der Waals surface area (Å²) in [7, 11) is 8.59. The molecule has 2 aromatic heterocycles. The van der Waals surface area contributed by atoms with Crippen molar-refractivity contribution in [3.63, 3.8) is 0 Å². The van der Waals surface area contributed by atoms with Crippen molar-refractivity contribution >= 4 is 72.6 Å². The quantitative estimate of drug-likeness (QED) is 0.0433. The second-order valence-electron chi connectivity index (χ2n) is 11.3. The molecule has 6 rings (SSSR count). The molecule has 1 atom stereocenters. The van der Waals surface area contributed by atoms with Gasteiger partial charge in [-0.05, 0) is 60.1 Å². The largest absolute Gasteiger partial charge is 0.513 e. The number of ether oxygens (including phenoxy) is 4. The Bertz CT molecular complexity index is 1920. The third kappa shape index (κ3) is 7.46. The fourth-order valence-corrected chi connectivity index (χ4v) is 7.56. The summed E-state index contributed by atoms with van der Waals surface area (Å²) in [6.07, 6.45) is 0.917. The molecule has 0 unspecified atom stereocenters. The number of fused-ring (bicyclic) bond motifs is 4. The third-order valence-electron chi connectivity index (χ3n) is 7.85. The molecule has 0 saturated carbocycles. The number of aromatic amines is 1. The molecule has 13 heteroatoms. The Balaban J connectivity index is 1.23. The first-order valence-electron chi connectivity index (χ1n) is 15.3. The summed E-state index contributed by atoms with van der Waals surface area (Å²) < 4.78 is 22.7. The molecule has 48 heavy (non-hydrogen) atoms. The van der Waals surface area contributed by atoms with Gasteiger partial charge in [-0.3, -0.25) is 4.79 Å². The number of hydrogen-bond donors (Lipinski definition) is 1. The van der Waals surface area contributed by atoms with Crippen molar-refractivity contribution in [1.82, 2.24) is 14.9 Å². The molecule has 0 saturated heterocycles. The van der Waals surface area contributed by atoms with Crippen LogP contribution >= 0.6 is 33.2 Å². The molecule has 250 valence electrons. The van der Waals surface area contributed by atoms with E-state index in [2.05, 4.69) is 9.97 Å². The van der Waals surface area contributed by atoms with Crippen molar-refractivity contribution in [2.75, 3.05) is 64.0 Å². The molecular weight excluding hydrogens is 672 g/mol. The molecule has 0 radical (unpaired) electrons. The minimum Gasteiger partial charge on any atom is -0.493 e. The van der Waals surface area contributed by atoms with Crippen LogP contribution in [0.3, 0.4) is 0 Å². The number of nitrogens with zero attached hydrogens (tertiary/aromatic N) is 3. The zero-order chi connectivity index (χ0) is 33.6. The Hall–Kier alpha value is -4.10. The molecule has 0 aliphatic carbocycles. The maximum absolute atomic E-state index is 14.1. The van der Waals surface area contributed by atoms with Gasteiger partial charge in [0.05, 0.1) is 12.8 Å². The first-order chi connectivity index (χ1) is 23.4. The average molecular weight is 707 g/mol. The zero-order valence-electron chi connectivity index (χ0n) is 26.7. The lowest BCUT2D eigenvalue weighted by atomic mass is 9.95. The molecule has 0 bridgehead atoms. The van der Waals surface area contributed by atoms with Crippen LogP contribution in [0.15, 0.2) is 78.0 Å². The van der Waals surface area contributed by atoms with Gasteiger partial charge >= 0.3 is 6.16 Å². The predicted octanol–water partition coefficient (Wildman–Crippen LogP) is 7.60. The first-order valence-corrected chi connectivity index (χ1v) is 18.2. The van der Waals surface area contributed by atoms with E-state index in [4.69, 9.17) is 30.5 Å². The number of alkyl halides is 1. The third-order valence-corrected chi connectivity index (χ3v) is 10.5. The van der Waals surface area contributed by atoms with E-state index >= 15 is 0 Å². The van der Waals surface area contributed by atoms with Gasteiger partial charge < -0.3 is 33.7 Å². The number of halogens is 1. The topological polar surface area (TPSA) is 106 Å². The minimum absolute atomic E-state index is 0.119. The second-order valence-corrected chi connectivity index (χ2v) is 14.1. The van der Waals surface area contributed by atoms with Gasteiger partial charge in [-0.1, -0.05) is 41.1 Å². The molecule has 0 fully saturated rings. The molecule has 3 aromatic carbocycles. The van der Waals surface area contributed by atoms with Crippen LogP contribution in [-0.2, 0) is 4.74 Å². The molecule has 3 heterocycles. The number of anilines is 1. The van der Waals surface area contributed by atoms with Gasteiger partial charge in [-0.25, -0.2) is 9.78 Å². The SMILES string of the molecule is COc1cc2[nH]c(C(=O)N3C[C@@H](CCl)c4c3cc(OC(=O)OCCSSc3ccccn3)c3ccccc43)cc2cc1OCCN(C)C. The lowest BCUT2D eigenvalue weighted by molar-refractivity contribution is 0.0984. The fourth-order valence-electron chi connectivity index (χ4n) is 5.60. The van der Waals surface area contributed by atoms with Crippen molar-refractivity contribution in [3.8, 4) is 17.2 Å². The Morgan fingerprint density at radius 1 is 1.02 bits per heavy atom. The van der Waals surface area contributed by atoms with Gasteiger partial charge in [0.2, 0.25) is 0 Å². The highest BCUT2D eigenvalue weighted by Gasteiger charge is 2.36. The molecule has 0 spiro atoms. The fraction of sp³-hybridized carbons (Fsp3) is 0.286. The number of carbonyl (C=O) groups excluding carboxylic acids is 2. The Labute approximate surface area is 291 Å². The van der Waals surface area contributed by atoms with E-state index in [-0.39, 0.29) is 18.4 Å². The van der Waals surface area contributed by atoms with E-state index in [1.54, 1.807) is 24.3 Å². The Kier molecular flexibility index (Phi) is 10.9. The number of aromatic nitrogens is 2. The van der Waals surface area contributed by atoms with E-state index in [0.29, 0.717) is 53.4 Å². The number of pyridine rings is 1. The van der Waals surface area contributed by atoms with Crippen LogP contribution in [0.5, 0.6) is 17.2 Å². The number of benzene rings is 3. The maximum Gasteiger partial charge on any atom is 0.513 e. The second kappa shape index (κ2) is 15.4. The summed E-state index contributed by atoms with van der Waals surface area (Å²) in [6.45, 7) is 1.78. The highest BCUT2D eigenvalue weighted by Crippen LogP contribution is 2.46. The van der Waals surface area contributed by atoms with Crippen molar-refractivity contribution in [2.24, 2.45) is 0 Å². The van der Waals surface area contributed by atoms with Crippen LogP contribution in [0.1, 0.15) is 22.0 Å². The monoisotopic (exact) mass is 706 g/mol. The molecule has 1 amide bonds. The number of amides is 1. The maximum atomic E-state index is 14.1. The van der Waals surface area contributed by atoms with Crippen LogP contribution in [-0.4, -0.2) is 86.1 Å². The number of hydrogen-bond acceptors (Lipinski definition) is 10. The molecule has 1 aliphatic heterocycles. The van der Waals surface area contributed by atoms with Crippen molar-refractivity contribution in [2.45, 2.75) is 10.9 Å². The average Bonchev–Trinajstić information content (AvgIpc) is 3.69. The van der Waals surface area contributed by atoms with Gasteiger partial charge in [0, 0.05) is 65.3 Å². The van der Waals surface area contributed by atoms with Crippen LogP contribution in [0.4, 0.5) is 10.5 Å². The molecule has 10 nitrogen and oxygen atoms in total. The molecule has 1 N–H and O–H groups in total. The van der Waals surface area contributed by atoms with Gasteiger partial charge in [0.15, 0.2) is 11.5 Å². The van der Waals surface area contributed by atoms with Gasteiger partial charge in [-0.15, -0.1) is 11.6 Å². The lowest BCUT2D eigenvalue weighted by Crippen LogP contribution is -2.30. The number of likely N-dealkylation sites (N-methyl/N-ethyl adjacent to an activating group) is 1. The summed E-state index contributed by atoms with van der Waals surface area (Å²) >= 11 is 6.48. The zero-order valence-corrected chi connectivity index (χ0v) is 29.1. The number of rotatable bonds is 13. The molecule has 1 aliphatic rings. The lowest BCUT2D eigenvalue weighted by Gasteiger charge is -2.18. The summed E-state index contributed by atoms with van der Waals surface area (Å²) in [6, 6.07) is 20.6.